The van der Waals surface area contributed by atoms with Crippen LogP contribution in [0.1, 0.15) is 401 Å². The van der Waals surface area contributed by atoms with Crippen molar-refractivity contribution in [2.75, 3.05) is 0 Å². The molecule has 0 aliphatic carbocycles. The summed E-state index contributed by atoms with van der Waals surface area (Å²) in [6.45, 7) is 24.4. The Labute approximate surface area is 536 Å². The maximum absolute atomic E-state index is 2.93. The molecule has 0 nitrogen and oxygen atoms in total. The number of unbranched alkanes of at least 4 members (excludes halogenated alkanes) is 30. The number of fused-ring (bicyclic) bond motifs is 2. The average Bonchev–Trinajstić information content (AvgIpc) is 2.50. The summed E-state index contributed by atoms with van der Waals surface area (Å²) < 4.78 is 5.03. The number of hydrogen-bond donors (Lipinski definition) is 0. The van der Waals surface area contributed by atoms with Crippen molar-refractivity contribution in [1.82, 2.24) is 0 Å². The van der Waals surface area contributed by atoms with E-state index in [1.807, 2.05) is 11.1 Å². The van der Waals surface area contributed by atoms with Crippen LogP contribution in [0.25, 0.3) is 21.5 Å². The molecule has 0 aliphatic rings. The molecule has 0 saturated heterocycles. The van der Waals surface area contributed by atoms with Gasteiger partial charge in [-0.05, 0) is 0 Å². The molecule has 0 aromatic heterocycles. The minimum absolute atomic E-state index is 0.567. The van der Waals surface area contributed by atoms with Gasteiger partial charge in [0.1, 0.15) is 0 Å². The Morgan fingerprint density at radius 2 is 0.622 bits per heavy atom. The fourth-order valence-electron chi connectivity index (χ4n) is 14.5. The zero-order valence-electron chi connectivity index (χ0n) is 57.4. The molecule has 0 heterocycles. The van der Waals surface area contributed by atoms with E-state index in [0.29, 0.717) is 6.86 Å². The molecule has 0 fully saturated rings. The van der Waals surface area contributed by atoms with Crippen molar-refractivity contribution in [3.63, 3.8) is 0 Å². The van der Waals surface area contributed by atoms with Crippen molar-refractivity contribution >= 4 is 71.0 Å². The Morgan fingerprint density at radius 3 is 0.988 bits per heavy atom. The van der Waals surface area contributed by atoms with Crippen molar-refractivity contribution in [3.8, 4) is 0 Å². The number of benzene rings is 3. The molecule has 2 atom stereocenters. The van der Waals surface area contributed by atoms with Gasteiger partial charge in [-0.15, -0.1) is 0 Å². The normalized spacial score (nSPS) is 13.1. The van der Waals surface area contributed by atoms with Crippen LogP contribution in [0.4, 0.5) is 0 Å². The van der Waals surface area contributed by atoms with Gasteiger partial charge in [-0.2, -0.15) is 0 Å². The van der Waals surface area contributed by atoms with E-state index in [9.17, 15) is 0 Å². The topological polar surface area (TPSA) is 0 Å². The molecule has 0 aliphatic heterocycles. The second-order valence-electron chi connectivity index (χ2n) is 27.7. The molecule has 2 heteroatoms. The first-order valence-electron chi connectivity index (χ1n) is 37.8. The summed E-state index contributed by atoms with van der Waals surface area (Å²) in [5.74, 6) is 1.63. The molecule has 0 bridgehead atoms. The molecule has 3 rings (SSSR count). The van der Waals surface area contributed by atoms with Crippen molar-refractivity contribution in [2.24, 2.45) is 11.8 Å². The molecule has 3 aromatic rings. The van der Waals surface area contributed by atoms with Crippen LogP contribution in [0.15, 0.2) is 36.4 Å². The molecule has 0 amide bonds. The molecule has 82 heavy (non-hydrogen) atoms. The van der Waals surface area contributed by atoms with Crippen LogP contribution in [0.5, 0.6) is 0 Å². The molecule has 470 valence electrons. The summed E-state index contributed by atoms with van der Waals surface area (Å²) in [7, 11) is 0. The van der Waals surface area contributed by atoms with Crippen LogP contribution < -0.4 is 7.16 Å². The van der Waals surface area contributed by atoms with E-state index in [2.05, 4.69) is 109 Å². The molecule has 0 N–H and O–H groups in total. The Balaban J connectivity index is 2.43. The Kier molecular flexibility index (Phi) is 46.0. The summed E-state index contributed by atoms with van der Waals surface area (Å²) in [6.07, 6.45) is 74.1. The molecule has 0 spiro atoms. The van der Waals surface area contributed by atoms with Crippen molar-refractivity contribution in [1.29, 1.82) is 0 Å². The molecule has 3 aromatic carbocycles. The van der Waals surface area contributed by atoms with Crippen LogP contribution >= 0.6 is 0 Å². The molecule has 4 radical (unpaired) electrons. The van der Waals surface area contributed by atoms with Gasteiger partial charge in [0.2, 0.25) is 0 Å². The van der Waals surface area contributed by atoms with Gasteiger partial charge >= 0.3 is 514 Å². The van der Waals surface area contributed by atoms with Crippen LogP contribution in [-0.2, 0) is 12.8 Å². The van der Waals surface area contributed by atoms with Crippen molar-refractivity contribution < 1.29 is 0 Å². The van der Waals surface area contributed by atoms with Gasteiger partial charge < -0.3 is 0 Å². The summed E-state index contributed by atoms with van der Waals surface area (Å²) in [5.41, 5.74) is 3.82. The summed E-state index contributed by atoms with van der Waals surface area (Å²) in [6, 6.07) is 16.7. The quantitative estimate of drug-likeness (QED) is 0.0300. The van der Waals surface area contributed by atoms with Gasteiger partial charge in [-0.1, -0.05) is 26.7 Å². The third kappa shape index (κ3) is 31.8. The SMILES string of the molecule is CCCCCCCCCCC(CCCCCCCC)Cc1cc2cc3cc[c]([Sn][C](CCCC)(CCCC)CCCC)cc3cc2c(CC(CCCCCCCC)CCCCCCCCCC)[c]1[Sn][C](CCCC)(CCCC)CCCC. The predicted molar refractivity (Wildman–Crippen MR) is 380 cm³/mol. The van der Waals surface area contributed by atoms with E-state index in [1.54, 1.807) is 19.7 Å². The van der Waals surface area contributed by atoms with E-state index in [0.717, 1.165) is 11.8 Å². The molecular formula is C80H142Sn2. The molecule has 0 saturated carbocycles. The zero-order chi connectivity index (χ0) is 59.2. The van der Waals surface area contributed by atoms with Gasteiger partial charge in [0.15, 0.2) is 0 Å². The van der Waals surface area contributed by atoms with E-state index in [-0.39, 0.29) is 0 Å². The fourth-order valence-corrected chi connectivity index (χ4v) is 26.2. The second kappa shape index (κ2) is 49.6. The van der Waals surface area contributed by atoms with Crippen molar-refractivity contribution in [3.05, 3.63) is 47.5 Å². The maximum atomic E-state index is 2.93. The van der Waals surface area contributed by atoms with E-state index < -0.39 is 42.3 Å². The van der Waals surface area contributed by atoms with Crippen LogP contribution in [0.2, 0.25) is 6.86 Å². The number of rotatable bonds is 58. The first-order valence-corrected chi connectivity index (χ1v) is 43.5. The van der Waals surface area contributed by atoms with Gasteiger partial charge in [0, 0.05) is 0 Å². The number of hydrogen-bond acceptors (Lipinski definition) is 0. The minimum atomic E-state index is -1.08. The van der Waals surface area contributed by atoms with Gasteiger partial charge in [0.05, 0.1) is 0 Å². The van der Waals surface area contributed by atoms with E-state index in [4.69, 9.17) is 0 Å². The fraction of sp³-hybridized carbons (Fsp3) is 0.825. The second-order valence-corrected chi connectivity index (χ2v) is 38.3. The third-order valence-corrected chi connectivity index (χ3v) is 31.5. The third-order valence-electron chi connectivity index (χ3n) is 20.0. The van der Waals surface area contributed by atoms with Gasteiger partial charge in [-0.25, -0.2) is 0 Å². The first kappa shape index (κ1) is 76.0. The van der Waals surface area contributed by atoms with E-state index >= 15 is 0 Å². The van der Waals surface area contributed by atoms with Crippen LogP contribution in [-0.4, -0.2) is 42.3 Å². The zero-order valence-corrected chi connectivity index (χ0v) is 63.1. The Bertz CT molecular complexity index is 1900. The molecular weight excluding hydrogens is 1200 g/mol. The van der Waals surface area contributed by atoms with E-state index in [1.165, 1.54) is 339 Å². The van der Waals surface area contributed by atoms with Crippen LogP contribution in [0.3, 0.4) is 0 Å². The summed E-state index contributed by atoms with van der Waals surface area (Å²) in [5, 5.41) is 6.45. The monoisotopic (exact) mass is 1340 g/mol. The summed E-state index contributed by atoms with van der Waals surface area (Å²) >= 11 is -1.94. The van der Waals surface area contributed by atoms with Crippen molar-refractivity contribution in [2.45, 2.75) is 410 Å². The Hall–Kier alpha value is -0.223. The predicted octanol–water partition coefficient (Wildman–Crippen LogP) is 27.0. The van der Waals surface area contributed by atoms with Gasteiger partial charge in [0.25, 0.3) is 0 Å². The summed E-state index contributed by atoms with van der Waals surface area (Å²) in [4.78, 5) is 0. The average molecular weight is 1340 g/mol. The first-order chi connectivity index (χ1) is 40.2. The van der Waals surface area contributed by atoms with Gasteiger partial charge in [-0.3, -0.25) is 0 Å². The Morgan fingerprint density at radius 1 is 0.293 bits per heavy atom. The molecule has 2 unspecified atom stereocenters. The standard InChI is InChI=1S/C54H88.2C13H27.2Sn/c1-5-9-13-17-21-23-27-30-36-47(35-29-25-19-15-11-7-3)41-49-43-52(54-46-51-40-34-33-39-50(51)45-53(54)44-49)42-48(37-31-26-20-16-12-8-4)38-32-28-24-22-18-14-10-6-2;2*1-4-7-10-13(11-8-5-2)12-9-6-3;;/h33,39-40,44-48H,5-32,35-38,41-42H2,1-4H3;2*4-12H2,1-3H3;;. The van der Waals surface area contributed by atoms with Crippen LogP contribution in [0, 0.1) is 11.8 Å².